The zero-order valence-electron chi connectivity index (χ0n) is 14.2. The van der Waals surface area contributed by atoms with Crippen molar-refractivity contribution in [2.75, 3.05) is 20.1 Å². The zero-order chi connectivity index (χ0) is 16.6. The van der Waals surface area contributed by atoms with E-state index >= 15 is 0 Å². The van der Waals surface area contributed by atoms with Gasteiger partial charge < -0.3 is 15.4 Å². The molecule has 0 atom stereocenters. The molecule has 2 N–H and O–H groups in total. The highest BCUT2D eigenvalue weighted by atomic mass is 16.5. The maximum absolute atomic E-state index is 6.49. The molecular formula is C21H24N2O. The number of hydrogen-bond donors (Lipinski definition) is 1. The SMILES string of the molecule is CN1CCC2(C=C(c3cccc(CN)c3)c3ccccc3O2)CC1. The zero-order valence-corrected chi connectivity index (χ0v) is 14.2. The van der Waals surface area contributed by atoms with Gasteiger partial charge in [0.2, 0.25) is 0 Å². The number of fused-ring (bicyclic) bond motifs is 1. The lowest BCUT2D eigenvalue weighted by Crippen LogP contribution is -2.46. The topological polar surface area (TPSA) is 38.5 Å². The first-order chi connectivity index (χ1) is 11.7. The predicted octanol–water partition coefficient (Wildman–Crippen LogP) is 3.43. The van der Waals surface area contributed by atoms with E-state index in [0.717, 1.165) is 37.2 Å². The van der Waals surface area contributed by atoms with Crippen molar-refractivity contribution >= 4 is 5.57 Å². The summed E-state index contributed by atoms with van der Waals surface area (Å²) in [5.74, 6) is 0.998. The van der Waals surface area contributed by atoms with Crippen LogP contribution in [0.2, 0.25) is 0 Å². The van der Waals surface area contributed by atoms with Crippen molar-refractivity contribution in [1.82, 2.24) is 4.90 Å². The van der Waals surface area contributed by atoms with E-state index < -0.39 is 0 Å². The normalized spacial score (nSPS) is 19.5. The van der Waals surface area contributed by atoms with Gasteiger partial charge in [-0.2, -0.15) is 0 Å². The van der Waals surface area contributed by atoms with Crippen molar-refractivity contribution in [2.24, 2.45) is 5.73 Å². The van der Waals surface area contributed by atoms with Gasteiger partial charge in [-0.1, -0.05) is 36.4 Å². The highest BCUT2D eigenvalue weighted by molar-refractivity contribution is 5.85. The van der Waals surface area contributed by atoms with Crippen molar-refractivity contribution in [3.8, 4) is 5.75 Å². The maximum Gasteiger partial charge on any atom is 0.130 e. The van der Waals surface area contributed by atoms with Crippen LogP contribution < -0.4 is 10.5 Å². The fourth-order valence-electron chi connectivity index (χ4n) is 3.72. The van der Waals surface area contributed by atoms with E-state index in [9.17, 15) is 0 Å². The molecular weight excluding hydrogens is 296 g/mol. The lowest BCUT2D eigenvalue weighted by atomic mass is 9.83. The van der Waals surface area contributed by atoms with E-state index in [0.29, 0.717) is 6.54 Å². The van der Waals surface area contributed by atoms with E-state index in [4.69, 9.17) is 10.5 Å². The number of benzene rings is 2. The second-order valence-corrected chi connectivity index (χ2v) is 6.93. The Balaban J connectivity index is 1.82. The molecule has 0 saturated carbocycles. The monoisotopic (exact) mass is 320 g/mol. The molecule has 3 heteroatoms. The highest BCUT2D eigenvalue weighted by Gasteiger charge is 2.38. The second-order valence-electron chi connectivity index (χ2n) is 6.93. The van der Waals surface area contributed by atoms with E-state index in [1.54, 1.807) is 0 Å². The Bertz CT molecular complexity index is 773. The summed E-state index contributed by atoms with van der Waals surface area (Å²) in [5.41, 5.74) is 10.5. The van der Waals surface area contributed by atoms with E-state index in [1.165, 1.54) is 16.7 Å². The molecule has 0 amide bonds. The van der Waals surface area contributed by atoms with Gasteiger partial charge in [0.1, 0.15) is 11.4 Å². The maximum atomic E-state index is 6.49. The third kappa shape index (κ3) is 2.74. The standard InChI is InChI=1S/C21H24N2O/c1-23-11-9-21(10-12-23)14-19(17-6-4-5-16(13-17)15-22)18-7-2-3-8-20(18)24-21/h2-8,13-14H,9-12,15,22H2,1H3. The molecule has 24 heavy (non-hydrogen) atoms. The number of ether oxygens (including phenoxy) is 1. The molecule has 2 aliphatic rings. The minimum Gasteiger partial charge on any atom is -0.482 e. The van der Waals surface area contributed by atoms with Gasteiger partial charge in [0, 0.05) is 38.0 Å². The van der Waals surface area contributed by atoms with Gasteiger partial charge in [0.05, 0.1) is 0 Å². The molecule has 0 unspecified atom stereocenters. The van der Waals surface area contributed by atoms with Gasteiger partial charge >= 0.3 is 0 Å². The number of para-hydroxylation sites is 1. The number of piperidine rings is 1. The average Bonchev–Trinajstić information content (AvgIpc) is 2.64. The predicted molar refractivity (Wildman–Crippen MR) is 97.9 cm³/mol. The molecule has 1 fully saturated rings. The summed E-state index contributed by atoms with van der Waals surface area (Å²) in [4.78, 5) is 2.37. The molecule has 1 spiro atoms. The smallest absolute Gasteiger partial charge is 0.130 e. The molecule has 3 nitrogen and oxygen atoms in total. The van der Waals surface area contributed by atoms with Crippen LogP contribution >= 0.6 is 0 Å². The van der Waals surface area contributed by atoms with Crippen LogP contribution in [0.3, 0.4) is 0 Å². The first kappa shape index (κ1) is 15.4. The Kier molecular flexibility index (Phi) is 3.91. The number of rotatable bonds is 2. The van der Waals surface area contributed by atoms with Crippen LogP contribution in [0.15, 0.2) is 54.6 Å². The summed E-state index contributed by atoms with van der Waals surface area (Å²) in [7, 11) is 2.18. The first-order valence-corrected chi connectivity index (χ1v) is 8.68. The summed E-state index contributed by atoms with van der Waals surface area (Å²) >= 11 is 0. The van der Waals surface area contributed by atoms with Gasteiger partial charge in [-0.3, -0.25) is 0 Å². The molecule has 2 aromatic rings. The molecule has 0 aliphatic carbocycles. The molecule has 1 saturated heterocycles. The third-order valence-corrected chi connectivity index (χ3v) is 5.20. The van der Waals surface area contributed by atoms with E-state index in [-0.39, 0.29) is 5.60 Å². The highest BCUT2D eigenvalue weighted by Crippen LogP contribution is 2.43. The fraction of sp³-hybridized carbons (Fsp3) is 0.333. The number of hydrogen-bond acceptors (Lipinski definition) is 3. The van der Waals surface area contributed by atoms with Crippen LogP contribution in [0, 0.1) is 0 Å². The summed E-state index contributed by atoms with van der Waals surface area (Å²) < 4.78 is 6.49. The van der Waals surface area contributed by atoms with Crippen LogP contribution in [0.5, 0.6) is 5.75 Å². The summed E-state index contributed by atoms with van der Waals surface area (Å²) in [5, 5.41) is 0. The summed E-state index contributed by atoms with van der Waals surface area (Å²) in [6, 6.07) is 16.9. The summed E-state index contributed by atoms with van der Waals surface area (Å²) in [6.07, 6.45) is 4.41. The molecule has 2 heterocycles. The van der Waals surface area contributed by atoms with Gasteiger partial charge in [-0.15, -0.1) is 0 Å². The molecule has 0 bridgehead atoms. The molecule has 2 aromatic carbocycles. The number of nitrogens with two attached hydrogens (primary N) is 1. The fourth-order valence-corrected chi connectivity index (χ4v) is 3.72. The average molecular weight is 320 g/mol. The Labute approximate surface area is 143 Å². The van der Waals surface area contributed by atoms with Crippen LogP contribution in [0.25, 0.3) is 5.57 Å². The lowest BCUT2D eigenvalue weighted by molar-refractivity contribution is 0.0468. The van der Waals surface area contributed by atoms with Gasteiger partial charge in [0.25, 0.3) is 0 Å². The Morgan fingerprint density at radius 3 is 2.67 bits per heavy atom. The lowest BCUT2D eigenvalue weighted by Gasteiger charge is -2.42. The van der Waals surface area contributed by atoms with Crippen LogP contribution in [0.4, 0.5) is 0 Å². The minimum atomic E-state index is -0.186. The Hall–Kier alpha value is -2.10. The van der Waals surface area contributed by atoms with Crippen LogP contribution in [-0.4, -0.2) is 30.6 Å². The largest absolute Gasteiger partial charge is 0.482 e. The van der Waals surface area contributed by atoms with Gasteiger partial charge in [-0.25, -0.2) is 0 Å². The van der Waals surface area contributed by atoms with Crippen molar-refractivity contribution in [1.29, 1.82) is 0 Å². The van der Waals surface area contributed by atoms with Crippen molar-refractivity contribution in [2.45, 2.75) is 25.0 Å². The van der Waals surface area contributed by atoms with Gasteiger partial charge in [0.15, 0.2) is 0 Å². The molecule has 0 radical (unpaired) electrons. The molecule has 124 valence electrons. The van der Waals surface area contributed by atoms with E-state index in [2.05, 4.69) is 66.6 Å². The van der Waals surface area contributed by atoms with Crippen LogP contribution in [-0.2, 0) is 6.54 Å². The van der Waals surface area contributed by atoms with Crippen molar-refractivity contribution in [3.63, 3.8) is 0 Å². The van der Waals surface area contributed by atoms with Gasteiger partial charge in [-0.05, 0) is 42.0 Å². The number of likely N-dealkylation sites (tertiary alicyclic amines) is 1. The quantitative estimate of drug-likeness (QED) is 0.921. The second kappa shape index (κ2) is 6.08. The molecule has 2 aliphatic heterocycles. The summed E-state index contributed by atoms with van der Waals surface area (Å²) in [6.45, 7) is 2.69. The Morgan fingerprint density at radius 1 is 1.08 bits per heavy atom. The minimum absolute atomic E-state index is 0.186. The number of nitrogens with zero attached hydrogens (tertiary/aromatic N) is 1. The Morgan fingerprint density at radius 2 is 1.88 bits per heavy atom. The first-order valence-electron chi connectivity index (χ1n) is 8.68. The van der Waals surface area contributed by atoms with Crippen LogP contribution in [0.1, 0.15) is 29.5 Å². The molecule has 0 aromatic heterocycles. The van der Waals surface area contributed by atoms with Crippen molar-refractivity contribution in [3.05, 3.63) is 71.3 Å². The van der Waals surface area contributed by atoms with Crippen molar-refractivity contribution < 1.29 is 4.74 Å². The van der Waals surface area contributed by atoms with E-state index in [1.807, 2.05) is 0 Å². The third-order valence-electron chi connectivity index (χ3n) is 5.20. The molecule has 4 rings (SSSR count).